The molecule has 0 radical (unpaired) electrons. The smallest absolute Gasteiger partial charge is 0.280 e. The van der Waals surface area contributed by atoms with Gasteiger partial charge in [0.15, 0.2) is 5.01 Å². The first-order chi connectivity index (χ1) is 11.2. The minimum atomic E-state index is -0.354. The Morgan fingerprint density at radius 3 is 2.87 bits per heavy atom. The Kier molecular flexibility index (Phi) is 3.82. The van der Waals surface area contributed by atoms with Crippen LogP contribution >= 0.6 is 11.3 Å². The molecule has 1 amide bonds. The van der Waals surface area contributed by atoms with Crippen LogP contribution in [0.1, 0.15) is 22.6 Å². The molecule has 5 nitrogen and oxygen atoms in total. The molecular weight excluding hydrogens is 315 g/mol. The van der Waals surface area contributed by atoms with Crippen LogP contribution < -0.4 is 5.32 Å². The van der Waals surface area contributed by atoms with Gasteiger partial charge in [0, 0.05) is 36.7 Å². The lowest BCUT2D eigenvalue weighted by molar-refractivity contribution is 0.0620. The van der Waals surface area contributed by atoms with E-state index >= 15 is 0 Å². The minimum Gasteiger partial charge on any atom is -0.346 e. The van der Waals surface area contributed by atoms with Crippen LogP contribution in [-0.4, -0.2) is 46.5 Å². The number of aromatic nitrogens is 2. The Morgan fingerprint density at radius 2 is 2.17 bits per heavy atom. The molecule has 0 saturated carbocycles. The van der Waals surface area contributed by atoms with Crippen LogP contribution in [0.4, 0.5) is 4.39 Å². The SMILES string of the molecule is O=C(NC1CN2CCC1CC2)c1ncc(-c2cnccc2F)s1. The number of pyridine rings is 1. The van der Waals surface area contributed by atoms with Crippen molar-refractivity contribution in [1.82, 2.24) is 20.2 Å². The summed E-state index contributed by atoms with van der Waals surface area (Å²) >= 11 is 1.20. The summed E-state index contributed by atoms with van der Waals surface area (Å²) in [5.74, 6) is 0.0523. The van der Waals surface area contributed by atoms with E-state index in [0.29, 0.717) is 21.4 Å². The molecule has 0 aliphatic carbocycles. The van der Waals surface area contributed by atoms with Crippen molar-refractivity contribution in [3.63, 3.8) is 0 Å². The zero-order chi connectivity index (χ0) is 15.8. The number of amides is 1. The van der Waals surface area contributed by atoms with Crippen molar-refractivity contribution in [3.05, 3.63) is 35.5 Å². The van der Waals surface area contributed by atoms with Gasteiger partial charge >= 0.3 is 0 Å². The maximum Gasteiger partial charge on any atom is 0.280 e. The Hall–Kier alpha value is -1.86. The van der Waals surface area contributed by atoms with E-state index < -0.39 is 0 Å². The molecule has 1 N–H and O–H groups in total. The van der Waals surface area contributed by atoms with E-state index in [2.05, 4.69) is 20.2 Å². The van der Waals surface area contributed by atoms with Gasteiger partial charge in [-0.15, -0.1) is 11.3 Å². The minimum absolute atomic E-state index is 0.163. The number of nitrogens with one attached hydrogen (secondary N) is 1. The van der Waals surface area contributed by atoms with Crippen LogP contribution in [0.3, 0.4) is 0 Å². The fourth-order valence-corrected chi connectivity index (χ4v) is 4.25. The third-order valence-corrected chi connectivity index (χ3v) is 5.74. The molecule has 5 rings (SSSR count). The van der Waals surface area contributed by atoms with E-state index in [9.17, 15) is 9.18 Å². The van der Waals surface area contributed by atoms with E-state index in [-0.39, 0.29) is 17.8 Å². The van der Waals surface area contributed by atoms with E-state index in [1.807, 2.05) is 0 Å². The number of halogens is 1. The molecule has 3 fully saturated rings. The molecule has 3 saturated heterocycles. The highest BCUT2D eigenvalue weighted by Crippen LogP contribution is 2.29. The Labute approximate surface area is 137 Å². The summed E-state index contributed by atoms with van der Waals surface area (Å²) in [7, 11) is 0. The van der Waals surface area contributed by atoms with E-state index in [1.54, 1.807) is 0 Å². The van der Waals surface area contributed by atoms with Gasteiger partial charge < -0.3 is 10.2 Å². The lowest BCUT2D eigenvalue weighted by Crippen LogP contribution is -2.57. The molecule has 1 atom stereocenters. The lowest BCUT2D eigenvalue weighted by Gasteiger charge is -2.44. The van der Waals surface area contributed by atoms with Crippen LogP contribution in [-0.2, 0) is 0 Å². The number of rotatable bonds is 3. The van der Waals surface area contributed by atoms with E-state index in [0.717, 1.165) is 32.5 Å². The van der Waals surface area contributed by atoms with Gasteiger partial charge in [0.2, 0.25) is 0 Å². The van der Waals surface area contributed by atoms with Crippen molar-refractivity contribution in [3.8, 4) is 10.4 Å². The first-order valence-electron chi connectivity index (χ1n) is 7.79. The van der Waals surface area contributed by atoms with Gasteiger partial charge in [-0.2, -0.15) is 0 Å². The summed E-state index contributed by atoms with van der Waals surface area (Å²) in [6.45, 7) is 3.20. The second kappa shape index (κ2) is 5.98. The van der Waals surface area contributed by atoms with Crippen molar-refractivity contribution < 1.29 is 9.18 Å². The zero-order valence-corrected chi connectivity index (χ0v) is 13.4. The average Bonchev–Trinajstić information content (AvgIpc) is 3.06. The largest absolute Gasteiger partial charge is 0.346 e. The topological polar surface area (TPSA) is 58.1 Å². The molecule has 7 heteroatoms. The van der Waals surface area contributed by atoms with Crippen molar-refractivity contribution in [2.75, 3.05) is 19.6 Å². The Morgan fingerprint density at radius 1 is 1.35 bits per heavy atom. The highest BCUT2D eigenvalue weighted by Gasteiger charge is 2.35. The number of nitrogens with zero attached hydrogens (tertiary/aromatic N) is 3. The van der Waals surface area contributed by atoms with Crippen molar-refractivity contribution in [2.24, 2.45) is 5.92 Å². The van der Waals surface area contributed by atoms with Crippen LogP contribution in [0.2, 0.25) is 0 Å². The van der Waals surface area contributed by atoms with Gasteiger partial charge in [0.25, 0.3) is 5.91 Å². The maximum absolute atomic E-state index is 13.8. The predicted molar refractivity (Wildman–Crippen MR) is 85.7 cm³/mol. The zero-order valence-electron chi connectivity index (χ0n) is 12.5. The van der Waals surface area contributed by atoms with E-state index in [4.69, 9.17) is 0 Å². The Balaban J connectivity index is 1.48. The van der Waals surface area contributed by atoms with E-state index in [1.165, 1.54) is 36.0 Å². The number of hydrogen-bond acceptors (Lipinski definition) is 5. The third-order valence-electron chi connectivity index (χ3n) is 4.71. The van der Waals surface area contributed by atoms with Gasteiger partial charge in [0.05, 0.1) is 4.88 Å². The second-order valence-electron chi connectivity index (χ2n) is 6.10. The summed E-state index contributed by atoms with van der Waals surface area (Å²) in [6.07, 6.45) is 6.69. The maximum atomic E-state index is 13.8. The summed E-state index contributed by atoms with van der Waals surface area (Å²) in [5.41, 5.74) is 0.381. The van der Waals surface area contributed by atoms with Crippen LogP contribution in [0.15, 0.2) is 24.7 Å². The van der Waals surface area contributed by atoms with Crippen LogP contribution in [0, 0.1) is 11.7 Å². The molecule has 2 aromatic heterocycles. The fraction of sp³-hybridized carbons (Fsp3) is 0.438. The van der Waals surface area contributed by atoms with Gasteiger partial charge in [-0.25, -0.2) is 9.37 Å². The standard InChI is InChI=1S/C16H17FN4OS/c17-12-1-4-18-7-11(12)14-8-19-16(23-14)15(22)20-13-9-21-5-2-10(13)3-6-21/h1,4,7-8,10,13H,2-3,5-6,9H2,(H,20,22). The molecule has 3 aliphatic rings. The number of thiazole rings is 1. The summed E-state index contributed by atoms with van der Waals surface area (Å²) in [5, 5.41) is 3.48. The first kappa shape index (κ1) is 14.7. The fourth-order valence-electron chi connectivity index (χ4n) is 3.42. The monoisotopic (exact) mass is 332 g/mol. The lowest BCUT2D eigenvalue weighted by atomic mass is 9.84. The van der Waals surface area contributed by atoms with Crippen LogP contribution in [0.5, 0.6) is 0 Å². The average molecular weight is 332 g/mol. The molecule has 3 aliphatic heterocycles. The van der Waals surface area contributed by atoms with Crippen molar-refractivity contribution in [1.29, 1.82) is 0 Å². The molecule has 23 heavy (non-hydrogen) atoms. The van der Waals surface area contributed by atoms with Crippen LogP contribution in [0.25, 0.3) is 10.4 Å². The molecule has 1 unspecified atom stereocenters. The Bertz CT molecular complexity index is 726. The summed E-state index contributed by atoms with van der Waals surface area (Å²) in [4.78, 5) is 23.5. The highest BCUT2D eigenvalue weighted by atomic mass is 32.1. The first-order valence-corrected chi connectivity index (χ1v) is 8.61. The predicted octanol–water partition coefficient (Wildman–Crippen LogP) is 2.17. The molecule has 2 bridgehead atoms. The highest BCUT2D eigenvalue weighted by molar-refractivity contribution is 7.16. The van der Waals surface area contributed by atoms with Crippen molar-refractivity contribution in [2.45, 2.75) is 18.9 Å². The number of hydrogen-bond donors (Lipinski definition) is 1. The third kappa shape index (κ3) is 2.86. The number of fused-ring (bicyclic) bond motifs is 3. The number of carbonyl (C=O) groups excluding carboxylic acids is 1. The molecule has 5 heterocycles. The molecule has 2 aromatic rings. The normalized spacial score (nSPS) is 26.2. The summed E-state index contributed by atoms with van der Waals surface area (Å²) in [6, 6.07) is 1.51. The van der Waals surface area contributed by atoms with Gasteiger partial charge in [-0.05, 0) is 37.9 Å². The second-order valence-corrected chi connectivity index (χ2v) is 7.13. The van der Waals surface area contributed by atoms with Crippen molar-refractivity contribution >= 4 is 17.2 Å². The van der Waals surface area contributed by atoms with Gasteiger partial charge in [-0.1, -0.05) is 0 Å². The van der Waals surface area contributed by atoms with Gasteiger partial charge in [0.1, 0.15) is 5.82 Å². The quantitative estimate of drug-likeness (QED) is 0.936. The number of piperidine rings is 3. The van der Waals surface area contributed by atoms with Gasteiger partial charge in [-0.3, -0.25) is 9.78 Å². The summed E-state index contributed by atoms with van der Waals surface area (Å²) < 4.78 is 13.8. The molecular formula is C16H17FN4OS. The molecule has 0 aromatic carbocycles. The molecule has 120 valence electrons. The number of carbonyl (C=O) groups is 1. The molecule has 0 spiro atoms.